The van der Waals surface area contributed by atoms with Gasteiger partial charge in [0.2, 0.25) is 0 Å². The van der Waals surface area contributed by atoms with Crippen molar-refractivity contribution in [1.29, 1.82) is 0 Å². The Morgan fingerprint density at radius 1 is 0.725 bits per heavy atom. The summed E-state index contributed by atoms with van der Waals surface area (Å²) in [6.07, 6.45) is -4.88. The number of hydrogen-bond acceptors (Lipinski definition) is 16. The molecule has 0 radical (unpaired) electrons. The molecule has 272 valence electrons. The Kier molecular flexibility index (Phi) is 14.8. The van der Waals surface area contributed by atoms with Gasteiger partial charge in [-0.3, -0.25) is 29.4 Å². The van der Waals surface area contributed by atoms with E-state index in [2.05, 4.69) is 20.7 Å². The van der Waals surface area contributed by atoms with Gasteiger partial charge in [-0.25, -0.2) is 0 Å². The molecule has 0 aliphatic carbocycles. The highest BCUT2D eigenvalue weighted by atomic mass is 16.6. The number of hydrogen-bond donors (Lipinski definition) is 1. The number of ether oxygens (including phenoxy) is 7. The van der Waals surface area contributed by atoms with Crippen molar-refractivity contribution in [2.24, 2.45) is 5.10 Å². The minimum atomic E-state index is -1.64. The maximum absolute atomic E-state index is 12.3. The number of rotatable bonds is 17. The lowest BCUT2D eigenvalue weighted by molar-refractivity contribution is -0.197. The van der Waals surface area contributed by atoms with Crippen LogP contribution in [0.4, 0.5) is 5.82 Å². The van der Waals surface area contributed by atoms with Crippen LogP contribution in [0.2, 0.25) is 0 Å². The van der Waals surface area contributed by atoms with E-state index >= 15 is 0 Å². The summed E-state index contributed by atoms with van der Waals surface area (Å²) in [5.41, 5.74) is 5.61. The topological polar surface area (TPSA) is 200 Å². The number of benzene rings is 2. The largest absolute Gasteiger partial charge is 0.497 e. The van der Waals surface area contributed by atoms with Crippen molar-refractivity contribution in [1.82, 2.24) is 10.2 Å². The highest BCUT2D eigenvalue weighted by Gasteiger charge is 2.43. The molecule has 1 aromatic heterocycles. The van der Waals surface area contributed by atoms with Gasteiger partial charge in [0.25, 0.3) is 0 Å². The summed E-state index contributed by atoms with van der Waals surface area (Å²) in [6.45, 7) is 4.82. The molecule has 51 heavy (non-hydrogen) atoms. The highest BCUT2D eigenvalue weighted by Crippen LogP contribution is 2.28. The molecule has 0 aliphatic heterocycles. The van der Waals surface area contributed by atoms with E-state index in [1.807, 2.05) is 42.5 Å². The van der Waals surface area contributed by atoms with Crippen molar-refractivity contribution in [3.63, 3.8) is 0 Å². The van der Waals surface area contributed by atoms with Gasteiger partial charge in [-0.05, 0) is 42.0 Å². The summed E-state index contributed by atoms with van der Waals surface area (Å²) >= 11 is 0. The Hall–Kier alpha value is -6.06. The van der Waals surface area contributed by atoms with Crippen molar-refractivity contribution in [2.45, 2.75) is 65.5 Å². The first-order chi connectivity index (χ1) is 24.3. The molecule has 0 amide bonds. The predicted molar refractivity (Wildman–Crippen MR) is 181 cm³/mol. The summed E-state index contributed by atoms with van der Waals surface area (Å²) in [5, 5.41) is 12.9. The molecule has 0 saturated heterocycles. The van der Waals surface area contributed by atoms with Gasteiger partial charge >= 0.3 is 29.8 Å². The molecule has 4 unspecified atom stereocenters. The maximum atomic E-state index is 12.3. The Morgan fingerprint density at radius 2 is 1.35 bits per heavy atom. The van der Waals surface area contributed by atoms with Crippen LogP contribution in [0.3, 0.4) is 0 Å². The van der Waals surface area contributed by atoms with Crippen molar-refractivity contribution >= 4 is 41.9 Å². The van der Waals surface area contributed by atoms with E-state index in [9.17, 15) is 24.0 Å². The van der Waals surface area contributed by atoms with E-state index in [0.717, 1.165) is 52.0 Å². The lowest BCUT2D eigenvalue weighted by atomic mass is 10.0. The van der Waals surface area contributed by atoms with Gasteiger partial charge in [-0.1, -0.05) is 18.2 Å². The number of anilines is 1. The summed E-state index contributed by atoms with van der Waals surface area (Å²) < 4.78 is 37.4. The second kappa shape index (κ2) is 19.2. The molecule has 16 nitrogen and oxygen atoms in total. The van der Waals surface area contributed by atoms with Gasteiger partial charge in [-0.2, -0.15) is 5.10 Å². The van der Waals surface area contributed by atoms with Gasteiger partial charge in [0.1, 0.15) is 18.1 Å². The fourth-order valence-electron chi connectivity index (χ4n) is 4.83. The lowest BCUT2D eigenvalue weighted by Crippen LogP contribution is -2.53. The SMILES string of the molecule is COc1ccc(-c2cc(Cc3ccccc3OC)c(N/N=C/C(OC(C)=O)C(OC(C)=O)C(OC(C)=O)C(COC(C)=O)OC(C)=O)nn2)cc1. The van der Waals surface area contributed by atoms with Gasteiger partial charge in [0.05, 0.1) is 26.1 Å². The molecule has 0 fully saturated rings. The molecule has 2 aromatic carbocycles. The molecule has 3 rings (SSSR count). The first kappa shape index (κ1) is 39.4. The summed E-state index contributed by atoms with van der Waals surface area (Å²) in [5.74, 6) is -2.61. The fourth-order valence-corrected chi connectivity index (χ4v) is 4.83. The molecular weight excluding hydrogens is 668 g/mol. The van der Waals surface area contributed by atoms with Crippen LogP contribution in [0.5, 0.6) is 11.5 Å². The average molecular weight is 709 g/mol. The van der Waals surface area contributed by atoms with Crippen molar-refractivity contribution in [3.8, 4) is 22.8 Å². The van der Waals surface area contributed by atoms with Gasteiger partial charge in [-0.15, -0.1) is 10.2 Å². The predicted octanol–water partition coefficient (Wildman–Crippen LogP) is 3.44. The van der Waals surface area contributed by atoms with Crippen LogP contribution >= 0.6 is 0 Å². The molecule has 16 heteroatoms. The zero-order valence-corrected chi connectivity index (χ0v) is 29.2. The molecule has 0 saturated carbocycles. The second-order valence-electron chi connectivity index (χ2n) is 10.9. The highest BCUT2D eigenvalue weighted by molar-refractivity contribution is 5.75. The van der Waals surface area contributed by atoms with Crippen LogP contribution in [-0.4, -0.2) is 91.5 Å². The molecule has 1 heterocycles. The second-order valence-corrected chi connectivity index (χ2v) is 10.9. The number of aromatic nitrogens is 2. The number of esters is 5. The minimum absolute atomic E-state index is 0.212. The number of methoxy groups -OCH3 is 2. The van der Waals surface area contributed by atoms with E-state index in [-0.39, 0.29) is 5.82 Å². The number of hydrazone groups is 1. The third-order valence-electron chi connectivity index (χ3n) is 6.91. The monoisotopic (exact) mass is 708 g/mol. The molecule has 1 N–H and O–H groups in total. The van der Waals surface area contributed by atoms with Crippen LogP contribution in [0, 0.1) is 0 Å². The number of carbonyl (C=O) groups is 5. The van der Waals surface area contributed by atoms with Crippen LogP contribution in [0.25, 0.3) is 11.3 Å². The minimum Gasteiger partial charge on any atom is -0.497 e. The van der Waals surface area contributed by atoms with Gasteiger partial charge in [0.15, 0.2) is 30.2 Å². The molecule has 0 bridgehead atoms. The molecular formula is C35H40N4O12. The van der Waals surface area contributed by atoms with E-state index < -0.39 is 60.9 Å². The quantitative estimate of drug-likeness (QED) is 0.0925. The van der Waals surface area contributed by atoms with Crippen LogP contribution in [-0.2, 0) is 54.1 Å². The van der Waals surface area contributed by atoms with Crippen molar-refractivity contribution < 1.29 is 57.1 Å². The van der Waals surface area contributed by atoms with Crippen LogP contribution in [0.15, 0.2) is 59.7 Å². The fraction of sp³-hybridized carbons (Fsp3) is 0.371. The standard InChI is InChI=1S/C35H40N4O12/c1-20(40)47-19-32(49-22(3)42)34(51-24(5)44)33(50-23(4)43)31(48-21(2)41)18-36-38-35-27(16-26-10-8-9-11-30(26)46-7)17-29(37-39-35)25-12-14-28(45-6)15-13-25/h8-15,17-18,31-34H,16,19H2,1-7H3,(H,38,39)/b36-18+. The molecule has 0 aliphatic rings. The molecule has 4 atom stereocenters. The number of nitrogens with one attached hydrogen (secondary N) is 1. The molecule has 3 aromatic rings. The third kappa shape index (κ3) is 12.4. The first-order valence-corrected chi connectivity index (χ1v) is 15.6. The Balaban J connectivity index is 2.07. The molecule has 0 spiro atoms. The number of carbonyl (C=O) groups excluding carboxylic acids is 5. The van der Waals surface area contributed by atoms with Gasteiger partial charge < -0.3 is 33.2 Å². The zero-order chi connectivity index (χ0) is 37.5. The number of nitrogens with zero attached hydrogens (tertiary/aromatic N) is 3. The Bertz CT molecular complexity index is 1710. The van der Waals surface area contributed by atoms with Crippen molar-refractivity contribution in [2.75, 3.05) is 26.3 Å². The van der Waals surface area contributed by atoms with Crippen molar-refractivity contribution in [3.05, 3.63) is 65.7 Å². The summed E-state index contributed by atoms with van der Waals surface area (Å²) in [7, 11) is 3.13. The smallest absolute Gasteiger partial charge is 0.303 e. The van der Waals surface area contributed by atoms with Gasteiger partial charge in [0, 0.05) is 52.2 Å². The zero-order valence-electron chi connectivity index (χ0n) is 29.2. The Morgan fingerprint density at radius 3 is 1.94 bits per heavy atom. The first-order valence-electron chi connectivity index (χ1n) is 15.6. The summed E-state index contributed by atoms with van der Waals surface area (Å²) in [6, 6.07) is 16.5. The summed E-state index contributed by atoms with van der Waals surface area (Å²) in [4.78, 5) is 60.4. The lowest BCUT2D eigenvalue weighted by Gasteiger charge is -2.34. The van der Waals surface area contributed by atoms with E-state index in [4.69, 9.17) is 33.2 Å². The van der Waals surface area contributed by atoms with E-state index in [0.29, 0.717) is 29.2 Å². The van der Waals surface area contributed by atoms with Crippen LogP contribution in [0.1, 0.15) is 45.7 Å². The average Bonchev–Trinajstić information content (AvgIpc) is 3.08. The van der Waals surface area contributed by atoms with E-state index in [1.54, 1.807) is 26.4 Å². The van der Waals surface area contributed by atoms with E-state index in [1.165, 1.54) is 0 Å². The third-order valence-corrected chi connectivity index (χ3v) is 6.91. The van der Waals surface area contributed by atoms with Crippen LogP contribution < -0.4 is 14.9 Å². The maximum Gasteiger partial charge on any atom is 0.303 e. The normalized spacial score (nSPS) is 13.2. The Labute approximate surface area is 294 Å². The number of para-hydroxylation sites is 1.